The van der Waals surface area contributed by atoms with E-state index in [2.05, 4.69) is 16.5 Å². The topological polar surface area (TPSA) is 70.7 Å². The normalized spacial score (nSPS) is 11.7. The third-order valence-electron chi connectivity index (χ3n) is 2.89. The Kier molecular flexibility index (Phi) is 4.66. The number of hydrogen-bond acceptors (Lipinski definition) is 4. The van der Waals surface area contributed by atoms with Gasteiger partial charge in [0.05, 0.1) is 27.6 Å². The molecule has 0 aliphatic heterocycles. The largest absolute Gasteiger partial charge is 0.325 e. The molecule has 6 heteroatoms. The summed E-state index contributed by atoms with van der Waals surface area (Å²) >= 11 is 1.45. The Hall–Kier alpha value is -2.26. The number of nitrogens with one attached hydrogen (secondary N) is 1. The molecule has 21 heavy (non-hydrogen) atoms. The van der Waals surface area contributed by atoms with Gasteiger partial charge < -0.3 is 5.32 Å². The Morgan fingerprint density at radius 2 is 2.24 bits per heavy atom. The first-order valence-electron chi connectivity index (χ1n) is 6.48. The van der Waals surface area contributed by atoms with Crippen LogP contribution in [0.5, 0.6) is 0 Å². The molecule has 0 aliphatic carbocycles. The van der Waals surface area contributed by atoms with Gasteiger partial charge in [-0.05, 0) is 38.1 Å². The van der Waals surface area contributed by atoms with Gasteiger partial charge in [-0.15, -0.1) is 0 Å². The highest BCUT2D eigenvalue weighted by Gasteiger charge is 2.17. The van der Waals surface area contributed by atoms with Crippen LogP contribution in [0.4, 0.5) is 5.69 Å². The van der Waals surface area contributed by atoms with Crippen molar-refractivity contribution in [3.8, 4) is 6.07 Å². The van der Waals surface area contributed by atoms with Crippen molar-refractivity contribution in [2.24, 2.45) is 7.05 Å². The average Bonchev–Trinajstić information content (AvgIpc) is 2.77. The van der Waals surface area contributed by atoms with Gasteiger partial charge in [-0.2, -0.15) is 10.4 Å². The monoisotopic (exact) mass is 300 g/mol. The Morgan fingerprint density at radius 3 is 2.86 bits per heavy atom. The second-order valence-corrected chi connectivity index (χ2v) is 6.05. The van der Waals surface area contributed by atoms with Crippen molar-refractivity contribution in [1.29, 1.82) is 5.26 Å². The standard InChI is InChI=1S/C15H16N4OS/c1-10-7-14(19(3)18-10)21-11(2)15(20)17-13-6-4-5-12(8-13)9-16/h4-8,11H,1-3H3,(H,17,20). The van der Waals surface area contributed by atoms with E-state index in [1.807, 2.05) is 27.0 Å². The molecule has 5 nitrogen and oxygen atoms in total. The maximum absolute atomic E-state index is 12.2. The molecule has 0 bridgehead atoms. The van der Waals surface area contributed by atoms with Gasteiger partial charge in [0.1, 0.15) is 0 Å². The summed E-state index contributed by atoms with van der Waals surface area (Å²) in [7, 11) is 1.86. The highest BCUT2D eigenvalue weighted by molar-refractivity contribution is 8.00. The lowest BCUT2D eigenvalue weighted by molar-refractivity contribution is -0.115. The molecule has 0 saturated heterocycles. The summed E-state index contributed by atoms with van der Waals surface area (Å²) in [6, 6.07) is 10.9. The number of amides is 1. The van der Waals surface area contributed by atoms with E-state index in [4.69, 9.17) is 5.26 Å². The van der Waals surface area contributed by atoms with Gasteiger partial charge in [-0.1, -0.05) is 17.8 Å². The number of benzene rings is 1. The van der Waals surface area contributed by atoms with Crippen LogP contribution in [0.2, 0.25) is 0 Å². The Morgan fingerprint density at radius 1 is 1.48 bits per heavy atom. The van der Waals surface area contributed by atoms with E-state index in [1.165, 1.54) is 11.8 Å². The number of aromatic nitrogens is 2. The maximum Gasteiger partial charge on any atom is 0.237 e. The zero-order chi connectivity index (χ0) is 15.4. The molecule has 1 N–H and O–H groups in total. The third-order valence-corrected chi connectivity index (χ3v) is 4.08. The molecule has 1 aromatic heterocycles. The fourth-order valence-electron chi connectivity index (χ4n) is 1.84. The first-order valence-corrected chi connectivity index (χ1v) is 7.36. The van der Waals surface area contributed by atoms with E-state index in [-0.39, 0.29) is 11.2 Å². The smallest absolute Gasteiger partial charge is 0.237 e. The summed E-state index contributed by atoms with van der Waals surface area (Å²) in [6.45, 7) is 3.76. The Labute approximate surface area is 128 Å². The molecule has 1 atom stereocenters. The number of carbonyl (C=O) groups excluding carboxylic acids is 1. The molecule has 1 aromatic carbocycles. The fourth-order valence-corrected chi connectivity index (χ4v) is 2.80. The van der Waals surface area contributed by atoms with E-state index in [0.29, 0.717) is 11.3 Å². The zero-order valence-electron chi connectivity index (χ0n) is 12.1. The van der Waals surface area contributed by atoms with Gasteiger partial charge in [0, 0.05) is 12.7 Å². The highest BCUT2D eigenvalue weighted by Crippen LogP contribution is 2.24. The first kappa shape index (κ1) is 15.1. The molecule has 1 amide bonds. The van der Waals surface area contributed by atoms with Crippen molar-refractivity contribution in [3.63, 3.8) is 0 Å². The van der Waals surface area contributed by atoms with Crippen LogP contribution in [0.3, 0.4) is 0 Å². The summed E-state index contributed by atoms with van der Waals surface area (Å²) in [5.41, 5.74) is 2.08. The van der Waals surface area contributed by atoms with Crippen LogP contribution < -0.4 is 5.32 Å². The zero-order valence-corrected chi connectivity index (χ0v) is 12.9. The van der Waals surface area contributed by atoms with Gasteiger partial charge >= 0.3 is 0 Å². The molecular formula is C15H16N4OS. The van der Waals surface area contributed by atoms with Crippen LogP contribution >= 0.6 is 11.8 Å². The van der Waals surface area contributed by atoms with Crippen molar-refractivity contribution in [1.82, 2.24) is 9.78 Å². The molecule has 1 heterocycles. The third kappa shape index (κ3) is 3.86. The maximum atomic E-state index is 12.2. The summed E-state index contributed by atoms with van der Waals surface area (Å²) < 4.78 is 1.76. The summed E-state index contributed by atoms with van der Waals surface area (Å²) in [5, 5.41) is 16.6. The van der Waals surface area contributed by atoms with Crippen molar-refractivity contribution in [2.75, 3.05) is 5.32 Å². The number of aryl methyl sites for hydroxylation is 2. The molecule has 0 aliphatic rings. The van der Waals surface area contributed by atoms with Gasteiger partial charge in [-0.3, -0.25) is 9.48 Å². The molecule has 0 spiro atoms. The molecule has 0 radical (unpaired) electrons. The average molecular weight is 300 g/mol. The van der Waals surface area contributed by atoms with Gasteiger partial charge in [0.25, 0.3) is 0 Å². The molecule has 2 rings (SSSR count). The quantitative estimate of drug-likeness (QED) is 0.881. The molecular weight excluding hydrogens is 284 g/mol. The number of nitriles is 1. The minimum atomic E-state index is -0.259. The van der Waals surface area contributed by atoms with Gasteiger partial charge in [0.15, 0.2) is 0 Å². The SMILES string of the molecule is Cc1cc(SC(C)C(=O)Nc2cccc(C#N)c2)n(C)n1. The van der Waals surface area contributed by atoms with Gasteiger partial charge in [-0.25, -0.2) is 0 Å². The summed E-state index contributed by atoms with van der Waals surface area (Å²) in [5.74, 6) is -0.103. The van der Waals surface area contributed by atoms with E-state index in [0.717, 1.165) is 10.7 Å². The Balaban J connectivity index is 2.02. The number of rotatable bonds is 4. The summed E-state index contributed by atoms with van der Waals surface area (Å²) in [4.78, 5) is 12.2. The number of nitrogens with zero attached hydrogens (tertiary/aromatic N) is 3. The molecule has 2 aromatic rings. The van der Waals surface area contributed by atoms with Crippen LogP contribution in [0.1, 0.15) is 18.2 Å². The lowest BCUT2D eigenvalue weighted by Crippen LogP contribution is -2.22. The van der Waals surface area contributed by atoms with Crippen molar-refractivity contribution in [2.45, 2.75) is 24.1 Å². The van der Waals surface area contributed by atoms with Crippen LogP contribution in [0.15, 0.2) is 35.4 Å². The van der Waals surface area contributed by atoms with Crippen molar-refractivity contribution < 1.29 is 4.79 Å². The Bertz CT molecular complexity index is 702. The van der Waals surface area contributed by atoms with E-state index >= 15 is 0 Å². The second-order valence-electron chi connectivity index (χ2n) is 4.69. The number of thioether (sulfide) groups is 1. The number of hydrogen-bond donors (Lipinski definition) is 1. The molecule has 1 unspecified atom stereocenters. The van der Waals surface area contributed by atoms with Crippen LogP contribution in [-0.2, 0) is 11.8 Å². The molecule has 108 valence electrons. The van der Waals surface area contributed by atoms with Crippen LogP contribution in [0, 0.1) is 18.3 Å². The second kappa shape index (κ2) is 6.46. The highest BCUT2D eigenvalue weighted by atomic mass is 32.2. The minimum absolute atomic E-state index is 0.103. The van der Waals surface area contributed by atoms with Crippen molar-refractivity contribution >= 4 is 23.4 Å². The lowest BCUT2D eigenvalue weighted by Gasteiger charge is -2.12. The van der Waals surface area contributed by atoms with Gasteiger partial charge in [0.2, 0.25) is 5.91 Å². The molecule has 0 saturated carbocycles. The predicted molar refractivity (Wildman–Crippen MR) is 83.1 cm³/mol. The number of carbonyl (C=O) groups is 1. The van der Waals surface area contributed by atoms with E-state index in [1.54, 1.807) is 28.9 Å². The van der Waals surface area contributed by atoms with Crippen molar-refractivity contribution in [3.05, 3.63) is 41.6 Å². The first-order chi connectivity index (χ1) is 9.99. The predicted octanol–water partition coefficient (Wildman–Crippen LogP) is 2.72. The van der Waals surface area contributed by atoms with Crippen LogP contribution in [0.25, 0.3) is 0 Å². The number of anilines is 1. The van der Waals surface area contributed by atoms with E-state index < -0.39 is 0 Å². The van der Waals surface area contributed by atoms with E-state index in [9.17, 15) is 4.79 Å². The minimum Gasteiger partial charge on any atom is -0.325 e. The summed E-state index contributed by atoms with van der Waals surface area (Å²) in [6.07, 6.45) is 0. The lowest BCUT2D eigenvalue weighted by atomic mass is 10.2. The van der Waals surface area contributed by atoms with Crippen LogP contribution in [-0.4, -0.2) is 20.9 Å². The fraction of sp³-hybridized carbons (Fsp3) is 0.267. The molecule has 0 fully saturated rings.